The minimum Gasteiger partial charge on any atom is -0.342 e. The maximum absolute atomic E-state index is 13.4. The summed E-state index contributed by atoms with van der Waals surface area (Å²) in [5.74, 6) is 1.28. The van der Waals surface area contributed by atoms with Crippen molar-refractivity contribution in [2.24, 2.45) is 5.92 Å². The number of nitrogens with one attached hydrogen (secondary N) is 1. The van der Waals surface area contributed by atoms with Crippen molar-refractivity contribution in [3.8, 4) is 0 Å². The molecule has 1 aliphatic carbocycles. The largest absolute Gasteiger partial charge is 0.342 e. The maximum Gasteiger partial charge on any atom is 0.274 e. The summed E-state index contributed by atoms with van der Waals surface area (Å²) in [6, 6.07) is 6.36. The van der Waals surface area contributed by atoms with Crippen molar-refractivity contribution in [1.82, 2.24) is 15.1 Å². The first kappa shape index (κ1) is 24.0. The second-order valence-corrected chi connectivity index (χ2v) is 10.5. The van der Waals surface area contributed by atoms with Crippen LogP contribution in [0.5, 0.6) is 0 Å². The number of carbonyl (C=O) groups is 2. The number of rotatable bonds is 7. The number of hydrogen-bond acceptors (Lipinski definition) is 6. The highest BCUT2D eigenvalue weighted by atomic mass is 32.2. The van der Waals surface area contributed by atoms with E-state index in [1.807, 2.05) is 16.1 Å². The van der Waals surface area contributed by atoms with E-state index in [9.17, 15) is 19.7 Å². The number of likely N-dealkylation sites (tertiary alicyclic amines) is 1. The summed E-state index contributed by atoms with van der Waals surface area (Å²) in [5.41, 5.74) is 0.0221. The van der Waals surface area contributed by atoms with Gasteiger partial charge in [-0.15, -0.1) is 0 Å². The van der Waals surface area contributed by atoms with Crippen LogP contribution in [0.3, 0.4) is 0 Å². The molecule has 1 spiro atoms. The predicted octanol–water partition coefficient (Wildman–Crippen LogP) is 3.55. The fourth-order valence-corrected chi connectivity index (χ4v) is 6.11. The summed E-state index contributed by atoms with van der Waals surface area (Å²) in [5, 5.41) is 15.2. The van der Waals surface area contributed by atoms with Crippen molar-refractivity contribution in [2.75, 3.05) is 25.1 Å². The predicted molar refractivity (Wildman–Crippen MR) is 129 cm³/mol. The molecule has 0 bridgehead atoms. The van der Waals surface area contributed by atoms with E-state index in [4.69, 9.17) is 0 Å². The van der Waals surface area contributed by atoms with Gasteiger partial charge in [0, 0.05) is 43.5 Å². The van der Waals surface area contributed by atoms with Crippen molar-refractivity contribution < 1.29 is 14.5 Å². The highest BCUT2D eigenvalue weighted by Crippen LogP contribution is 2.37. The monoisotopic (exact) mass is 474 g/mol. The fraction of sp³-hybridized carbons (Fsp3) is 0.667. The third-order valence-corrected chi connectivity index (χ3v) is 8.15. The molecule has 1 atom stereocenters. The Morgan fingerprint density at radius 1 is 1.21 bits per heavy atom. The molecule has 1 saturated carbocycles. The molecule has 1 aromatic carbocycles. The zero-order valence-electron chi connectivity index (χ0n) is 19.3. The standard InChI is InChI=1S/C24H34N4O4S/c1-33-16-11-20-23(30)27(17-19-9-5-6-10-21(19)28(31)32)24(25-20)12-14-26(15-13-24)22(29)18-7-3-2-4-8-18/h5-6,9-10,18,20,25H,2-4,7-8,11-17H2,1H3. The molecule has 8 nitrogen and oxygen atoms in total. The van der Waals surface area contributed by atoms with Gasteiger partial charge in [0.25, 0.3) is 5.69 Å². The lowest BCUT2D eigenvalue weighted by atomic mass is 9.87. The van der Waals surface area contributed by atoms with Gasteiger partial charge in [0.2, 0.25) is 11.8 Å². The van der Waals surface area contributed by atoms with Gasteiger partial charge >= 0.3 is 0 Å². The molecule has 4 rings (SSSR count). The topological polar surface area (TPSA) is 95.8 Å². The summed E-state index contributed by atoms with van der Waals surface area (Å²) in [7, 11) is 0. The third kappa shape index (κ3) is 5.04. The molecule has 3 aliphatic rings. The van der Waals surface area contributed by atoms with Gasteiger partial charge < -0.3 is 9.80 Å². The number of carbonyl (C=O) groups excluding carboxylic acids is 2. The lowest BCUT2D eigenvalue weighted by Gasteiger charge is -2.45. The average Bonchev–Trinajstić information content (AvgIpc) is 3.09. The van der Waals surface area contributed by atoms with E-state index in [-0.39, 0.29) is 40.9 Å². The number of nitro benzene ring substituents is 1. The van der Waals surface area contributed by atoms with Gasteiger partial charge in [0.1, 0.15) is 0 Å². The normalized spacial score (nSPS) is 23.3. The Hall–Kier alpha value is -2.13. The lowest BCUT2D eigenvalue weighted by molar-refractivity contribution is -0.385. The maximum atomic E-state index is 13.4. The Labute approximate surface area is 199 Å². The van der Waals surface area contributed by atoms with Gasteiger partial charge in [-0.1, -0.05) is 37.5 Å². The number of nitrogens with zero attached hydrogens (tertiary/aromatic N) is 3. The van der Waals surface area contributed by atoms with Crippen molar-refractivity contribution in [1.29, 1.82) is 0 Å². The lowest BCUT2D eigenvalue weighted by Crippen LogP contribution is -2.59. The van der Waals surface area contributed by atoms with Crippen molar-refractivity contribution in [3.05, 3.63) is 39.9 Å². The van der Waals surface area contributed by atoms with Crippen LogP contribution in [-0.4, -0.2) is 63.3 Å². The van der Waals surface area contributed by atoms with Crippen LogP contribution < -0.4 is 5.32 Å². The molecule has 33 heavy (non-hydrogen) atoms. The van der Waals surface area contributed by atoms with Crippen molar-refractivity contribution in [3.63, 3.8) is 0 Å². The van der Waals surface area contributed by atoms with Crippen LogP contribution in [0.15, 0.2) is 24.3 Å². The van der Waals surface area contributed by atoms with E-state index in [0.29, 0.717) is 31.5 Å². The van der Waals surface area contributed by atoms with Gasteiger partial charge in [-0.3, -0.25) is 25.0 Å². The summed E-state index contributed by atoms with van der Waals surface area (Å²) in [4.78, 5) is 41.5. The smallest absolute Gasteiger partial charge is 0.274 e. The Morgan fingerprint density at radius 3 is 2.58 bits per heavy atom. The highest BCUT2D eigenvalue weighted by Gasteiger charge is 2.52. The van der Waals surface area contributed by atoms with Crippen molar-refractivity contribution >= 4 is 29.3 Å². The summed E-state index contributed by atoms with van der Waals surface area (Å²) < 4.78 is 0. The van der Waals surface area contributed by atoms with E-state index in [1.54, 1.807) is 30.0 Å². The molecular formula is C24H34N4O4S. The van der Waals surface area contributed by atoms with Gasteiger partial charge in [0.05, 0.1) is 23.2 Å². The number of thioether (sulfide) groups is 1. The van der Waals surface area contributed by atoms with Crippen LogP contribution >= 0.6 is 11.8 Å². The Morgan fingerprint density at radius 2 is 1.91 bits per heavy atom. The van der Waals surface area contributed by atoms with E-state index in [1.165, 1.54) is 12.5 Å². The minimum atomic E-state index is -0.562. The van der Waals surface area contributed by atoms with Crippen LogP contribution in [0, 0.1) is 16.0 Å². The Kier molecular flexibility index (Phi) is 7.58. The molecule has 2 heterocycles. The molecule has 180 valence electrons. The number of para-hydroxylation sites is 1. The first-order valence-corrected chi connectivity index (χ1v) is 13.4. The van der Waals surface area contributed by atoms with Gasteiger partial charge in [-0.05, 0) is 31.3 Å². The number of piperidine rings is 1. The molecule has 1 aromatic rings. The van der Waals surface area contributed by atoms with Gasteiger partial charge in [0.15, 0.2) is 0 Å². The number of benzene rings is 1. The summed E-state index contributed by atoms with van der Waals surface area (Å²) in [6.45, 7) is 1.42. The Bertz CT molecular complexity index is 881. The minimum absolute atomic E-state index is 0.00857. The number of hydrogen-bond donors (Lipinski definition) is 1. The van der Waals surface area contributed by atoms with E-state index in [2.05, 4.69) is 5.32 Å². The third-order valence-electron chi connectivity index (χ3n) is 7.51. The first-order valence-electron chi connectivity index (χ1n) is 12.0. The van der Waals surface area contributed by atoms with E-state index >= 15 is 0 Å². The fourth-order valence-electron chi connectivity index (χ4n) is 5.64. The SMILES string of the molecule is CSCCC1NC2(CCN(C(=O)C3CCCCC3)CC2)N(Cc2ccccc2[N+](=O)[O-])C1=O. The van der Waals surface area contributed by atoms with Gasteiger partial charge in [-0.2, -0.15) is 11.8 Å². The molecule has 2 saturated heterocycles. The number of nitro groups is 1. The van der Waals surface area contributed by atoms with Crippen molar-refractivity contribution in [2.45, 2.75) is 69.6 Å². The molecule has 1 unspecified atom stereocenters. The first-order chi connectivity index (χ1) is 15.9. The molecule has 2 amide bonds. The van der Waals surface area contributed by atoms with Crippen LogP contribution in [0.25, 0.3) is 0 Å². The van der Waals surface area contributed by atoms with Crippen LogP contribution in [-0.2, 0) is 16.1 Å². The molecule has 9 heteroatoms. The molecule has 0 radical (unpaired) electrons. The van der Waals surface area contributed by atoms with Gasteiger partial charge in [-0.25, -0.2) is 0 Å². The summed E-state index contributed by atoms with van der Waals surface area (Å²) >= 11 is 1.70. The zero-order valence-corrected chi connectivity index (χ0v) is 20.1. The Balaban J connectivity index is 1.52. The van der Waals surface area contributed by atoms with Crippen LogP contribution in [0.1, 0.15) is 56.9 Å². The second-order valence-electron chi connectivity index (χ2n) is 9.48. The van der Waals surface area contributed by atoms with E-state index in [0.717, 1.165) is 37.9 Å². The molecule has 2 aliphatic heterocycles. The molecule has 0 aromatic heterocycles. The molecule has 3 fully saturated rings. The molecule has 1 N–H and O–H groups in total. The molecular weight excluding hydrogens is 440 g/mol. The van der Waals surface area contributed by atoms with Crippen LogP contribution in [0.2, 0.25) is 0 Å². The second kappa shape index (κ2) is 10.4. The summed E-state index contributed by atoms with van der Waals surface area (Å²) in [6.07, 6.45) is 9.49. The zero-order chi connectivity index (χ0) is 23.4. The number of amides is 2. The van der Waals surface area contributed by atoms with E-state index < -0.39 is 5.66 Å². The quantitative estimate of drug-likeness (QED) is 0.480. The van der Waals surface area contributed by atoms with Crippen LogP contribution in [0.4, 0.5) is 5.69 Å². The average molecular weight is 475 g/mol. The highest BCUT2D eigenvalue weighted by molar-refractivity contribution is 7.98.